The molecule has 28 heavy (non-hydrogen) atoms. The fraction of sp³-hybridized carbons (Fsp3) is 0.857. The van der Waals surface area contributed by atoms with E-state index in [1.54, 1.807) is 6.08 Å². The molecule has 0 unspecified atom stereocenters. The van der Waals surface area contributed by atoms with Gasteiger partial charge in [-0.25, -0.2) is 4.79 Å². The van der Waals surface area contributed by atoms with E-state index in [9.17, 15) is 4.79 Å². The SMILES string of the molecule is CC[Si](CC)(CC)OCCC[C@@H](Cl)[C@@H](/C=C/C(=O)OC)O[Si](CC)(CC)CC. The first-order valence-electron chi connectivity index (χ1n) is 11.0. The third kappa shape index (κ3) is 9.12. The monoisotopic (exact) mass is 450 g/mol. The summed E-state index contributed by atoms with van der Waals surface area (Å²) >= 11 is 6.75. The molecule has 0 rings (SSSR count). The predicted octanol–water partition coefficient (Wildman–Crippen LogP) is 6.52. The highest BCUT2D eigenvalue weighted by Crippen LogP contribution is 2.28. The molecule has 0 aliphatic rings. The van der Waals surface area contributed by atoms with E-state index >= 15 is 0 Å². The summed E-state index contributed by atoms with van der Waals surface area (Å²) in [6, 6.07) is 6.63. The van der Waals surface area contributed by atoms with Gasteiger partial charge in [-0.3, -0.25) is 0 Å². The van der Waals surface area contributed by atoms with Crippen molar-refractivity contribution in [2.45, 2.75) is 102 Å². The van der Waals surface area contributed by atoms with Crippen molar-refractivity contribution in [2.75, 3.05) is 13.7 Å². The summed E-state index contributed by atoms with van der Waals surface area (Å²) in [5.74, 6) is -0.373. The zero-order valence-electron chi connectivity index (χ0n) is 19.2. The maximum atomic E-state index is 11.6. The van der Waals surface area contributed by atoms with Crippen LogP contribution in [0, 0.1) is 0 Å². The molecule has 0 aliphatic heterocycles. The van der Waals surface area contributed by atoms with Crippen LogP contribution in [0.15, 0.2) is 12.2 Å². The number of hydrogen-bond donors (Lipinski definition) is 0. The number of esters is 1. The Hall–Kier alpha value is -0.146. The molecule has 0 saturated carbocycles. The van der Waals surface area contributed by atoms with Gasteiger partial charge in [-0.1, -0.05) is 41.5 Å². The van der Waals surface area contributed by atoms with Crippen LogP contribution in [-0.4, -0.2) is 47.8 Å². The average Bonchev–Trinajstić information content (AvgIpc) is 2.74. The first-order valence-corrected chi connectivity index (χ1v) is 16.5. The summed E-state index contributed by atoms with van der Waals surface area (Å²) in [5, 5.41) is -0.179. The van der Waals surface area contributed by atoms with Gasteiger partial charge in [0.1, 0.15) is 0 Å². The summed E-state index contributed by atoms with van der Waals surface area (Å²) < 4.78 is 17.7. The number of halogens is 1. The van der Waals surface area contributed by atoms with Gasteiger partial charge in [0.15, 0.2) is 16.6 Å². The number of ether oxygens (including phenoxy) is 1. The Bertz CT molecular complexity index is 435. The Morgan fingerprint density at radius 2 is 1.43 bits per heavy atom. The lowest BCUT2D eigenvalue weighted by Gasteiger charge is -2.34. The van der Waals surface area contributed by atoms with E-state index in [2.05, 4.69) is 41.5 Å². The highest BCUT2D eigenvalue weighted by molar-refractivity contribution is 6.74. The van der Waals surface area contributed by atoms with Crippen molar-refractivity contribution in [3.05, 3.63) is 12.2 Å². The summed E-state index contributed by atoms with van der Waals surface area (Å²) in [6.45, 7) is 14.1. The second-order valence-corrected chi connectivity index (χ2v) is 17.5. The highest BCUT2D eigenvalue weighted by atomic mass is 35.5. The van der Waals surface area contributed by atoms with Crippen molar-refractivity contribution < 1.29 is 18.4 Å². The number of hydrogen-bond acceptors (Lipinski definition) is 4. The molecule has 0 N–H and O–H groups in total. The Morgan fingerprint density at radius 1 is 0.929 bits per heavy atom. The van der Waals surface area contributed by atoms with Crippen LogP contribution >= 0.6 is 11.6 Å². The lowest BCUT2D eigenvalue weighted by Crippen LogP contribution is -2.42. The highest BCUT2D eigenvalue weighted by Gasteiger charge is 2.34. The molecule has 0 saturated heterocycles. The fourth-order valence-electron chi connectivity index (χ4n) is 3.55. The van der Waals surface area contributed by atoms with Gasteiger partial charge in [-0.15, -0.1) is 11.6 Å². The van der Waals surface area contributed by atoms with Gasteiger partial charge in [0.05, 0.1) is 18.6 Å². The summed E-state index contributed by atoms with van der Waals surface area (Å²) in [4.78, 5) is 11.6. The Morgan fingerprint density at radius 3 is 1.86 bits per heavy atom. The smallest absolute Gasteiger partial charge is 0.330 e. The minimum atomic E-state index is -1.83. The minimum Gasteiger partial charge on any atom is -0.466 e. The van der Waals surface area contributed by atoms with Crippen LogP contribution < -0.4 is 0 Å². The van der Waals surface area contributed by atoms with Gasteiger partial charge in [-0.2, -0.15) is 0 Å². The van der Waals surface area contributed by atoms with E-state index in [4.69, 9.17) is 25.2 Å². The van der Waals surface area contributed by atoms with Crippen LogP contribution in [0.25, 0.3) is 0 Å². The average molecular weight is 451 g/mol. The van der Waals surface area contributed by atoms with Crippen LogP contribution in [0.1, 0.15) is 54.4 Å². The maximum Gasteiger partial charge on any atom is 0.330 e. The minimum absolute atomic E-state index is 0.179. The second-order valence-electron chi connectivity index (χ2n) is 7.46. The van der Waals surface area contributed by atoms with Gasteiger partial charge in [0.2, 0.25) is 0 Å². The molecule has 4 nitrogen and oxygen atoms in total. The normalized spacial score (nSPS) is 15.0. The Kier molecular flexibility index (Phi) is 14.7. The van der Waals surface area contributed by atoms with Crippen LogP contribution in [0.2, 0.25) is 36.3 Å². The molecule has 0 aliphatic carbocycles. The Balaban J connectivity index is 4.99. The number of carbonyl (C=O) groups is 1. The number of carbonyl (C=O) groups excluding carboxylic acids is 1. The number of methoxy groups -OCH3 is 1. The van der Waals surface area contributed by atoms with Crippen LogP contribution in [0.3, 0.4) is 0 Å². The van der Waals surface area contributed by atoms with E-state index < -0.39 is 16.6 Å². The maximum absolute atomic E-state index is 11.6. The molecule has 0 spiro atoms. The van der Waals surface area contributed by atoms with Crippen LogP contribution in [0.4, 0.5) is 0 Å². The molecule has 0 aromatic heterocycles. The van der Waals surface area contributed by atoms with Gasteiger partial charge >= 0.3 is 5.97 Å². The van der Waals surface area contributed by atoms with Gasteiger partial charge in [0, 0.05) is 12.7 Å². The van der Waals surface area contributed by atoms with Crippen molar-refractivity contribution >= 4 is 34.2 Å². The largest absolute Gasteiger partial charge is 0.466 e. The van der Waals surface area contributed by atoms with Crippen molar-refractivity contribution in [1.29, 1.82) is 0 Å². The third-order valence-corrected chi connectivity index (χ3v) is 16.1. The van der Waals surface area contributed by atoms with Crippen LogP contribution in [0.5, 0.6) is 0 Å². The van der Waals surface area contributed by atoms with Crippen LogP contribution in [-0.2, 0) is 18.4 Å². The molecule has 0 aromatic rings. The van der Waals surface area contributed by atoms with Gasteiger partial charge in [-0.05, 0) is 55.2 Å². The van der Waals surface area contributed by atoms with E-state index in [0.29, 0.717) is 0 Å². The van der Waals surface area contributed by atoms with E-state index in [1.165, 1.54) is 13.2 Å². The molecule has 7 heteroatoms. The van der Waals surface area contributed by atoms with Crippen molar-refractivity contribution in [3.63, 3.8) is 0 Å². The molecule has 166 valence electrons. The first kappa shape index (κ1) is 27.9. The molecule has 0 bridgehead atoms. The van der Waals surface area contributed by atoms with Gasteiger partial charge in [0.25, 0.3) is 0 Å². The zero-order valence-corrected chi connectivity index (χ0v) is 21.9. The molecule has 0 amide bonds. The topological polar surface area (TPSA) is 44.8 Å². The molecule has 0 heterocycles. The van der Waals surface area contributed by atoms with Crippen molar-refractivity contribution in [1.82, 2.24) is 0 Å². The zero-order chi connectivity index (χ0) is 21.6. The summed E-state index contributed by atoms with van der Waals surface area (Å²) in [6.07, 6.45) is 4.68. The fourth-order valence-corrected chi connectivity index (χ4v) is 9.44. The number of rotatable bonds is 16. The summed E-state index contributed by atoms with van der Waals surface area (Å²) in [7, 11) is -2.00. The first-order chi connectivity index (χ1) is 13.3. The predicted molar refractivity (Wildman–Crippen MR) is 125 cm³/mol. The second kappa shape index (κ2) is 14.8. The molecular formula is C21H43ClO4Si2. The molecule has 0 fully saturated rings. The van der Waals surface area contributed by atoms with E-state index in [1.807, 2.05) is 0 Å². The summed E-state index contributed by atoms with van der Waals surface area (Å²) in [5.41, 5.74) is 0. The molecule has 2 atom stereocenters. The third-order valence-electron chi connectivity index (χ3n) is 6.26. The van der Waals surface area contributed by atoms with Gasteiger partial charge < -0.3 is 13.6 Å². The van der Waals surface area contributed by atoms with Crippen molar-refractivity contribution in [3.8, 4) is 0 Å². The quantitative estimate of drug-likeness (QED) is 0.0882. The van der Waals surface area contributed by atoms with Crippen molar-refractivity contribution in [2.24, 2.45) is 0 Å². The molecule has 0 radical (unpaired) electrons. The number of alkyl halides is 1. The van der Waals surface area contributed by atoms with E-state index in [0.717, 1.165) is 55.7 Å². The lowest BCUT2D eigenvalue weighted by atomic mass is 10.1. The lowest BCUT2D eigenvalue weighted by molar-refractivity contribution is -0.134. The molecular weight excluding hydrogens is 408 g/mol. The molecule has 0 aromatic carbocycles. The van der Waals surface area contributed by atoms with E-state index in [-0.39, 0.29) is 17.5 Å². The standard InChI is InChI=1S/C21H43ClO4Si2/c1-8-27(9-2,10-3)25-18-14-15-19(22)20(16-17-21(23)24-7)26-28(11-4,12-5)13-6/h16-17,19-20H,8-15,18H2,1-7H3/b17-16+/t19-,20-/m1/s1. The Labute approximate surface area is 180 Å².